The molecule has 2 heterocycles. The van der Waals surface area contributed by atoms with Gasteiger partial charge in [0.05, 0.1) is 16.9 Å². The number of likely N-dealkylation sites (N-methyl/N-ethyl adjacent to an activating group) is 1. The van der Waals surface area contributed by atoms with E-state index in [2.05, 4.69) is 10.3 Å². The number of carbonyl (C=O) groups is 2. The third-order valence-corrected chi connectivity index (χ3v) is 3.75. The first-order valence-electron chi connectivity index (χ1n) is 5.62. The van der Waals surface area contributed by atoms with Gasteiger partial charge in [-0.05, 0) is 12.1 Å². The highest BCUT2D eigenvalue weighted by Gasteiger charge is 2.17. The molecule has 2 rings (SSSR count). The number of amides is 2. The Morgan fingerprint density at radius 3 is 2.84 bits per heavy atom. The first kappa shape index (κ1) is 13.3. The fourth-order valence-corrected chi connectivity index (χ4v) is 2.51. The highest BCUT2D eigenvalue weighted by atomic mass is 32.1. The van der Waals surface area contributed by atoms with Crippen molar-refractivity contribution in [3.8, 4) is 0 Å². The van der Waals surface area contributed by atoms with Gasteiger partial charge >= 0.3 is 0 Å². The minimum absolute atomic E-state index is 0.0487. The largest absolute Gasteiger partial charge is 0.396 e. The molecular weight excluding hydrogens is 264 g/mol. The molecule has 0 fully saturated rings. The maximum atomic E-state index is 12.0. The van der Waals surface area contributed by atoms with Crippen molar-refractivity contribution in [1.82, 2.24) is 15.2 Å². The van der Waals surface area contributed by atoms with Crippen molar-refractivity contribution in [2.24, 2.45) is 0 Å². The predicted molar refractivity (Wildman–Crippen MR) is 75.1 cm³/mol. The number of hydrogen-bond donors (Lipinski definition) is 2. The van der Waals surface area contributed by atoms with Gasteiger partial charge in [0.25, 0.3) is 5.91 Å². The van der Waals surface area contributed by atoms with E-state index in [0.29, 0.717) is 16.1 Å². The molecule has 6 nitrogen and oxygen atoms in total. The second-order valence-electron chi connectivity index (χ2n) is 4.17. The summed E-state index contributed by atoms with van der Waals surface area (Å²) in [5.74, 6) is -0.526. The Labute approximate surface area is 114 Å². The van der Waals surface area contributed by atoms with Crippen molar-refractivity contribution in [2.75, 3.05) is 26.4 Å². The van der Waals surface area contributed by atoms with E-state index >= 15 is 0 Å². The number of nitrogen functional groups attached to an aromatic ring is 1. The Balaban J connectivity index is 2.18. The van der Waals surface area contributed by atoms with Gasteiger partial charge in [0.1, 0.15) is 10.4 Å². The lowest BCUT2D eigenvalue weighted by atomic mass is 10.3. The van der Waals surface area contributed by atoms with Crippen LogP contribution in [-0.4, -0.2) is 42.3 Å². The van der Waals surface area contributed by atoms with Crippen LogP contribution in [0.15, 0.2) is 18.3 Å². The van der Waals surface area contributed by atoms with Crippen LogP contribution < -0.4 is 11.1 Å². The Bertz CT molecular complexity index is 636. The summed E-state index contributed by atoms with van der Waals surface area (Å²) in [7, 11) is 3.26. The molecule has 2 aromatic rings. The number of nitrogens with one attached hydrogen (secondary N) is 1. The first-order chi connectivity index (χ1) is 9.00. The zero-order valence-corrected chi connectivity index (χ0v) is 11.5. The summed E-state index contributed by atoms with van der Waals surface area (Å²) in [6, 6.07) is 3.64. The number of fused-ring (bicyclic) bond motifs is 1. The average Bonchev–Trinajstić information content (AvgIpc) is 2.73. The lowest BCUT2D eigenvalue weighted by molar-refractivity contribution is -0.127. The van der Waals surface area contributed by atoms with Crippen molar-refractivity contribution in [1.29, 1.82) is 0 Å². The monoisotopic (exact) mass is 278 g/mol. The van der Waals surface area contributed by atoms with Gasteiger partial charge in [-0.15, -0.1) is 11.3 Å². The van der Waals surface area contributed by atoms with E-state index in [1.54, 1.807) is 26.4 Å². The molecule has 2 aromatic heterocycles. The van der Waals surface area contributed by atoms with E-state index in [-0.39, 0.29) is 18.4 Å². The van der Waals surface area contributed by atoms with Crippen LogP contribution in [0.25, 0.3) is 10.2 Å². The molecule has 7 heteroatoms. The van der Waals surface area contributed by atoms with Gasteiger partial charge in [0.15, 0.2) is 0 Å². The summed E-state index contributed by atoms with van der Waals surface area (Å²) >= 11 is 1.27. The summed E-state index contributed by atoms with van der Waals surface area (Å²) in [5, 5.41) is 2.55. The number of carbonyl (C=O) groups excluding carboxylic acids is 2. The summed E-state index contributed by atoms with van der Waals surface area (Å²) in [6.45, 7) is -0.0487. The Kier molecular flexibility index (Phi) is 3.66. The smallest absolute Gasteiger partial charge is 0.264 e. The minimum Gasteiger partial charge on any atom is -0.396 e. The topological polar surface area (TPSA) is 88.3 Å². The Morgan fingerprint density at radius 2 is 2.21 bits per heavy atom. The van der Waals surface area contributed by atoms with Crippen LogP contribution in [0.5, 0.6) is 0 Å². The predicted octanol–water partition coefficient (Wildman–Crippen LogP) is 0.696. The number of rotatable bonds is 3. The summed E-state index contributed by atoms with van der Waals surface area (Å²) < 4.78 is 0.851. The second kappa shape index (κ2) is 5.23. The normalized spacial score (nSPS) is 10.4. The van der Waals surface area contributed by atoms with E-state index in [9.17, 15) is 9.59 Å². The van der Waals surface area contributed by atoms with Gasteiger partial charge < -0.3 is 16.0 Å². The number of nitrogens with two attached hydrogens (primary N) is 1. The standard InChI is InChI=1S/C12H14N4O2S/c1-16(2)8(17)6-15-12(18)11-9(13)10-7(19-11)4-3-5-14-10/h3-5H,6,13H2,1-2H3,(H,15,18). The van der Waals surface area contributed by atoms with E-state index < -0.39 is 0 Å². The van der Waals surface area contributed by atoms with E-state index in [1.165, 1.54) is 16.2 Å². The van der Waals surface area contributed by atoms with Gasteiger partial charge in [-0.1, -0.05) is 0 Å². The molecular formula is C12H14N4O2S. The summed E-state index contributed by atoms with van der Waals surface area (Å²) in [6.07, 6.45) is 1.63. The maximum Gasteiger partial charge on any atom is 0.264 e. The minimum atomic E-state index is -0.351. The van der Waals surface area contributed by atoms with Crippen LogP contribution in [0.1, 0.15) is 9.67 Å². The molecule has 0 spiro atoms. The van der Waals surface area contributed by atoms with E-state index in [4.69, 9.17) is 5.73 Å². The lowest BCUT2D eigenvalue weighted by Gasteiger charge is -2.10. The molecule has 2 amide bonds. The molecule has 100 valence electrons. The molecule has 3 N–H and O–H groups in total. The number of pyridine rings is 1. The van der Waals surface area contributed by atoms with Crippen LogP contribution in [-0.2, 0) is 4.79 Å². The lowest BCUT2D eigenvalue weighted by Crippen LogP contribution is -2.36. The van der Waals surface area contributed by atoms with Crippen LogP contribution in [0.3, 0.4) is 0 Å². The Hall–Kier alpha value is -2.15. The molecule has 0 unspecified atom stereocenters. The molecule has 0 bridgehead atoms. The molecule has 19 heavy (non-hydrogen) atoms. The maximum absolute atomic E-state index is 12.0. The van der Waals surface area contributed by atoms with Crippen LogP contribution in [0.2, 0.25) is 0 Å². The molecule has 0 aliphatic carbocycles. The number of anilines is 1. The zero-order valence-electron chi connectivity index (χ0n) is 10.6. The molecule has 0 saturated heterocycles. The molecule has 0 aliphatic heterocycles. The van der Waals surface area contributed by atoms with Gasteiger partial charge in [0, 0.05) is 20.3 Å². The molecule has 0 atom stereocenters. The van der Waals surface area contributed by atoms with Crippen LogP contribution >= 0.6 is 11.3 Å². The second-order valence-corrected chi connectivity index (χ2v) is 5.22. The van der Waals surface area contributed by atoms with Crippen LogP contribution in [0, 0.1) is 0 Å². The fraction of sp³-hybridized carbons (Fsp3) is 0.250. The van der Waals surface area contributed by atoms with Crippen LogP contribution in [0.4, 0.5) is 5.69 Å². The van der Waals surface area contributed by atoms with Crippen molar-refractivity contribution in [3.05, 3.63) is 23.2 Å². The van der Waals surface area contributed by atoms with E-state index in [1.807, 2.05) is 6.07 Å². The molecule has 0 aliphatic rings. The quantitative estimate of drug-likeness (QED) is 0.865. The van der Waals surface area contributed by atoms with Crippen molar-refractivity contribution >= 4 is 39.1 Å². The highest BCUT2D eigenvalue weighted by molar-refractivity contribution is 7.21. The van der Waals surface area contributed by atoms with Crippen molar-refractivity contribution in [2.45, 2.75) is 0 Å². The van der Waals surface area contributed by atoms with Crippen molar-refractivity contribution in [3.63, 3.8) is 0 Å². The van der Waals surface area contributed by atoms with Gasteiger partial charge in [0.2, 0.25) is 5.91 Å². The van der Waals surface area contributed by atoms with Gasteiger partial charge in [-0.3, -0.25) is 14.6 Å². The van der Waals surface area contributed by atoms with Gasteiger partial charge in [-0.2, -0.15) is 0 Å². The zero-order chi connectivity index (χ0) is 14.0. The summed E-state index contributed by atoms with van der Waals surface area (Å²) in [4.78, 5) is 29.3. The fourth-order valence-electron chi connectivity index (χ4n) is 1.51. The number of aromatic nitrogens is 1. The third kappa shape index (κ3) is 2.65. The summed E-state index contributed by atoms with van der Waals surface area (Å²) in [5.41, 5.74) is 6.88. The third-order valence-electron chi connectivity index (χ3n) is 2.59. The molecule has 0 saturated carbocycles. The number of nitrogens with zero attached hydrogens (tertiary/aromatic N) is 2. The average molecular weight is 278 g/mol. The highest BCUT2D eigenvalue weighted by Crippen LogP contribution is 2.31. The van der Waals surface area contributed by atoms with Crippen molar-refractivity contribution < 1.29 is 9.59 Å². The molecule has 0 radical (unpaired) electrons. The SMILES string of the molecule is CN(C)C(=O)CNC(=O)c1sc2cccnc2c1N. The Morgan fingerprint density at radius 1 is 1.47 bits per heavy atom. The number of thiophene rings is 1. The van der Waals surface area contributed by atoms with E-state index in [0.717, 1.165) is 4.70 Å². The number of hydrogen-bond acceptors (Lipinski definition) is 5. The first-order valence-corrected chi connectivity index (χ1v) is 6.43. The molecule has 0 aromatic carbocycles. The van der Waals surface area contributed by atoms with Gasteiger partial charge in [-0.25, -0.2) is 0 Å².